The van der Waals surface area contributed by atoms with Gasteiger partial charge in [-0.25, -0.2) is 0 Å². The second-order valence-corrected chi connectivity index (χ2v) is 6.63. The molecule has 0 aliphatic heterocycles. The molecule has 0 saturated carbocycles. The van der Waals surface area contributed by atoms with Crippen LogP contribution in [0.4, 0.5) is 22.7 Å². The van der Waals surface area contributed by atoms with Crippen LogP contribution in [0, 0.1) is 0 Å². The van der Waals surface area contributed by atoms with Crippen LogP contribution in [0.2, 0.25) is 0 Å². The van der Waals surface area contributed by atoms with E-state index in [1.165, 1.54) is 18.2 Å². The molecule has 6 nitrogen and oxygen atoms in total. The summed E-state index contributed by atoms with van der Waals surface area (Å²) in [6.45, 7) is 0. The van der Waals surface area contributed by atoms with E-state index in [1.54, 1.807) is 18.2 Å². The van der Waals surface area contributed by atoms with E-state index >= 15 is 0 Å². The number of hydrogen-bond donors (Lipinski definition) is 2. The molecule has 0 bridgehead atoms. The van der Waals surface area contributed by atoms with Crippen molar-refractivity contribution in [1.29, 1.82) is 0 Å². The molecule has 0 radical (unpaired) electrons. The molecule has 26 heavy (non-hydrogen) atoms. The summed E-state index contributed by atoms with van der Waals surface area (Å²) in [5, 5.41) is 11.3. The van der Waals surface area contributed by atoms with Gasteiger partial charge < -0.3 is 5.32 Å². The normalized spacial score (nSPS) is 11.1. The standard InChI is InChI=1S/C18H15N3O3S.Na/c22-25(23,24)18-8-4-7-17(13-18)21-20-16-11-9-15(10-12-16)19-14-5-2-1-3-6-14;/h1-13,19H,(H,22,23,24);/q;+1. The fourth-order valence-electron chi connectivity index (χ4n) is 2.12. The van der Waals surface area contributed by atoms with Gasteiger partial charge in [-0.05, 0) is 54.6 Å². The Labute approximate surface area is 174 Å². The van der Waals surface area contributed by atoms with Gasteiger partial charge >= 0.3 is 29.6 Å². The Morgan fingerprint density at radius 2 is 1.35 bits per heavy atom. The first-order valence-electron chi connectivity index (χ1n) is 7.42. The van der Waals surface area contributed by atoms with Crippen molar-refractivity contribution in [3.05, 3.63) is 78.9 Å². The zero-order chi connectivity index (χ0) is 17.7. The zero-order valence-corrected chi connectivity index (χ0v) is 16.9. The summed E-state index contributed by atoms with van der Waals surface area (Å²) in [5.74, 6) is 0. The van der Waals surface area contributed by atoms with Gasteiger partial charge in [-0.3, -0.25) is 4.55 Å². The van der Waals surface area contributed by atoms with Gasteiger partial charge in [0.2, 0.25) is 0 Å². The minimum absolute atomic E-state index is 0. The topological polar surface area (TPSA) is 91.1 Å². The van der Waals surface area contributed by atoms with Crippen molar-refractivity contribution in [2.24, 2.45) is 10.2 Å². The molecule has 0 fully saturated rings. The van der Waals surface area contributed by atoms with Crippen LogP contribution in [0.3, 0.4) is 0 Å². The van der Waals surface area contributed by atoms with Crippen molar-refractivity contribution in [2.75, 3.05) is 5.32 Å². The third-order valence-corrected chi connectivity index (χ3v) is 4.18. The molecule has 0 atom stereocenters. The fraction of sp³-hybridized carbons (Fsp3) is 0. The minimum atomic E-state index is -4.25. The Morgan fingerprint density at radius 3 is 2.00 bits per heavy atom. The molecular formula is C18H15N3NaO3S+. The SMILES string of the molecule is O=S(=O)(O)c1cccc(N=Nc2ccc(Nc3ccccc3)cc2)c1.[Na+]. The van der Waals surface area contributed by atoms with Crippen LogP contribution in [-0.2, 0) is 10.1 Å². The predicted molar refractivity (Wildman–Crippen MR) is 96.6 cm³/mol. The minimum Gasteiger partial charge on any atom is -0.356 e. The number of benzene rings is 3. The van der Waals surface area contributed by atoms with E-state index in [1.807, 2.05) is 42.5 Å². The van der Waals surface area contributed by atoms with Gasteiger partial charge in [0, 0.05) is 11.4 Å². The number of para-hydroxylation sites is 1. The van der Waals surface area contributed by atoms with Crippen molar-refractivity contribution in [1.82, 2.24) is 0 Å². The molecule has 0 saturated heterocycles. The van der Waals surface area contributed by atoms with Gasteiger partial charge in [-0.15, -0.1) is 0 Å². The maximum atomic E-state index is 11.1. The maximum absolute atomic E-state index is 11.1. The summed E-state index contributed by atoms with van der Waals surface area (Å²) in [6.07, 6.45) is 0. The van der Waals surface area contributed by atoms with Gasteiger partial charge in [-0.1, -0.05) is 24.3 Å². The number of nitrogens with zero attached hydrogens (tertiary/aromatic N) is 2. The zero-order valence-electron chi connectivity index (χ0n) is 14.1. The molecule has 2 N–H and O–H groups in total. The summed E-state index contributed by atoms with van der Waals surface area (Å²) >= 11 is 0. The van der Waals surface area contributed by atoms with E-state index in [0.717, 1.165) is 11.4 Å². The molecule has 3 aromatic carbocycles. The van der Waals surface area contributed by atoms with Gasteiger partial charge in [0.15, 0.2) is 0 Å². The third kappa shape index (κ3) is 5.76. The summed E-state index contributed by atoms with van der Waals surface area (Å²) in [5.41, 5.74) is 2.86. The molecule has 0 amide bonds. The number of nitrogens with one attached hydrogen (secondary N) is 1. The predicted octanol–water partition coefficient (Wildman–Crippen LogP) is 2.10. The van der Waals surface area contributed by atoms with Crippen LogP contribution in [0.15, 0.2) is 94.0 Å². The maximum Gasteiger partial charge on any atom is 1.00 e. The second kappa shape index (κ2) is 9.07. The Morgan fingerprint density at radius 1 is 0.731 bits per heavy atom. The number of anilines is 2. The largest absolute Gasteiger partial charge is 1.00 e. The Bertz CT molecular complexity index is 992. The third-order valence-electron chi connectivity index (χ3n) is 3.33. The Balaban J connectivity index is 0.00000243. The summed E-state index contributed by atoms with van der Waals surface area (Å²) in [6, 6.07) is 22.7. The van der Waals surface area contributed by atoms with Crippen LogP contribution >= 0.6 is 0 Å². The molecule has 0 heterocycles. The van der Waals surface area contributed by atoms with E-state index in [-0.39, 0.29) is 34.5 Å². The molecule has 8 heteroatoms. The molecule has 3 aromatic rings. The van der Waals surface area contributed by atoms with Crippen LogP contribution in [0.25, 0.3) is 0 Å². The first kappa shape index (κ1) is 20.3. The van der Waals surface area contributed by atoms with E-state index in [4.69, 9.17) is 4.55 Å². The first-order chi connectivity index (χ1) is 12.0. The van der Waals surface area contributed by atoms with Gasteiger partial charge in [-0.2, -0.15) is 18.6 Å². The molecule has 0 unspecified atom stereocenters. The molecule has 3 rings (SSSR count). The van der Waals surface area contributed by atoms with Gasteiger partial charge in [0.1, 0.15) is 0 Å². The quantitative estimate of drug-likeness (QED) is 0.405. The monoisotopic (exact) mass is 376 g/mol. The van der Waals surface area contributed by atoms with Gasteiger partial charge in [0.25, 0.3) is 10.1 Å². The van der Waals surface area contributed by atoms with Crippen molar-refractivity contribution in [2.45, 2.75) is 4.90 Å². The van der Waals surface area contributed by atoms with Gasteiger partial charge in [0.05, 0.1) is 16.3 Å². The van der Waals surface area contributed by atoms with E-state index in [9.17, 15) is 8.42 Å². The van der Waals surface area contributed by atoms with Crippen LogP contribution in [-0.4, -0.2) is 13.0 Å². The van der Waals surface area contributed by atoms with Crippen molar-refractivity contribution >= 4 is 32.9 Å². The van der Waals surface area contributed by atoms with Crippen LogP contribution in [0.5, 0.6) is 0 Å². The summed E-state index contributed by atoms with van der Waals surface area (Å²) < 4.78 is 31.3. The molecule has 0 aliphatic carbocycles. The second-order valence-electron chi connectivity index (χ2n) is 5.21. The molecule has 0 aliphatic rings. The molecule has 0 aromatic heterocycles. The molecular weight excluding hydrogens is 361 g/mol. The van der Waals surface area contributed by atoms with Crippen molar-refractivity contribution in [3.63, 3.8) is 0 Å². The summed E-state index contributed by atoms with van der Waals surface area (Å²) in [4.78, 5) is -0.216. The van der Waals surface area contributed by atoms with Crippen molar-refractivity contribution in [3.8, 4) is 0 Å². The molecule has 0 spiro atoms. The average molecular weight is 376 g/mol. The smallest absolute Gasteiger partial charge is 0.356 e. The van der Waals surface area contributed by atoms with E-state index in [0.29, 0.717) is 11.4 Å². The van der Waals surface area contributed by atoms with E-state index in [2.05, 4.69) is 15.5 Å². The fourth-order valence-corrected chi connectivity index (χ4v) is 2.64. The molecule has 126 valence electrons. The Kier molecular flexibility index (Phi) is 7.07. The van der Waals surface area contributed by atoms with Crippen molar-refractivity contribution < 1.29 is 42.5 Å². The van der Waals surface area contributed by atoms with Crippen LogP contribution < -0.4 is 34.9 Å². The number of azo groups is 1. The number of rotatable bonds is 5. The first-order valence-corrected chi connectivity index (χ1v) is 8.86. The van der Waals surface area contributed by atoms with E-state index < -0.39 is 10.1 Å². The average Bonchev–Trinajstić information content (AvgIpc) is 2.62. The van der Waals surface area contributed by atoms with Crippen LogP contribution in [0.1, 0.15) is 0 Å². The summed E-state index contributed by atoms with van der Waals surface area (Å²) in [7, 11) is -4.25. The number of hydrogen-bond acceptors (Lipinski definition) is 5. The Hall–Kier alpha value is -2.03.